The maximum absolute atomic E-state index is 2.57. The van der Waals surface area contributed by atoms with E-state index in [2.05, 4.69) is 49.9 Å². The molecule has 1 heterocycles. The van der Waals surface area contributed by atoms with Crippen molar-refractivity contribution in [3.63, 3.8) is 0 Å². The first-order valence-corrected chi connectivity index (χ1v) is 5.93. The molecule has 0 aromatic heterocycles. The Labute approximate surface area is 93.1 Å². The van der Waals surface area contributed by atoms with Gasteiger partial charge in [-0.3, -0.25) is 4.90 Å². The van der Waals surface area contributed by atoms with Gasteiger partial charge in [0.05, 0.1) is 0 Å². The molecule has 0 bridgehead atoms. The Morgan fingerprint density at radius 3 is 2.13 bits per heavy atom. The van der Waals surface area contributed by atoms with Crippen LogP contribution in [0.3, 0.4) is 0 Å². The first-order chi connectivity index (χ1) is 7.15. The van der Waals surface area contributed by atoms with Crippen LogP contribution in [0.5, 0.6) is 0 Å². The number of nitrogens with zero attached hydrogens (tertiary/aromatic N) is 1. The molecule has 1 aliphatic heterocycles. The highest BCUT2D eigenvalue weighted by Crippen LogP contribution is 2.23. The summed E-state index contributed by atoms with van der Waals surface area (Å²) in [5.41, 5.74) is 2.80. The molecular weight excluding hydrogens is 182 g/mol. The Bertz CT molecular complexity index is 305. The van der Waals surface area contributed by atoms with E-state index in [1.807, 2.05) is 0 Å². The van der Waals surface area contributed by atoms with Crippen molar-refractivity contribution in [1.29, 1.82) is 0 Å². The monoisotopic (exact) mass is 203 g/mol. The van der Waals surface area contributed by atoms with Crippen LogP contribution in [0.25, 0.3) is 0 Å². The summed E-state index contributed by atoms with van der Waals surface area (Å²) in [5, 5.41) is 0. The average molecular weight is 203 g/mol. The number of benzene rings is 1. The molecule has 0 spiro atoms. The summed E-state index contributed by atoms with van der Waals surface area (Å²) >= 11 is 0. The highest BCUT2D eigenvalue weighted by Gasteiger charge is 2.25. The summed E-state index contributed by atoms with van der Waals surface area (Å²) in [6.45, 7) is 10.5. The van der Waals surface area contributed by atoms with Crippen LogP contribution < -0.4 is 0 Å². The second-order valence-electron chi connectivity index (χ2n) is 5.13. The van der Waals surface area contributed by atoms with Gasteiger partial charge in [0.25, 0.3) is 0 Å². The Morgan fingerprint density at radius 2 is 1.60 bits per heavy atom. The molecule has 1 aliphatic rings. The molecule has 1 aromatic carbocycles. The standard InChI is InChI=1S/C14H21N/c1-11-4-6-14(7-5-11)10-15-8-12(2)13(3)9-15/h4-7,12-13H,8-10H2,1-3H3. The number of rotatable bonds is 2. The third-order valence-electron chi connectivity index (χ3n) is 3.59. The van der Waals surface area contributed by atoms with Gasteiger partial charge in [0, 0.05) is 19.6 Å². The van der Waals surface area contributed by atoms with Gasteiger partial charge in [-0.2, -0.15) is 0 Å². The van der Waals surface area contributed by atoms with Crippen LogP contribution in [0.15, 0.2) is 24.3 Å². The van der Waals surface area contributed by atoms with Crippen molar-refractivity contribution in [1.82, 2.24) is 4.90 Å². The number of hydrogen-bond donors (Lipinski definition) is 0. The molecule has 0 saturated carbocycles. The molecule has 1 saturated heterocycles. The van der Waals surface area contributed by atoms with E-state index in [9.17, 15) is 0 Å². The topological polar surface area (TPSA) is 3.24 Å². The molecule has 2 rings (SSSR count). The first-order valence-electron chi connectivity index (χ1n) is 5.93. The average Bonchev–Trinajstić information content (AvgIpc) is 2.50. The zero-order valence-electron chi connectivity index (χ0n) is 10.0. The van der Waals surface area contributed by atoms with Gasteiger partial charge in [0.1, 0.15) is 0 Å². The molecular formula is C14H21N. The van der Waals surface area contributed by atoms with Crippen molar-refractivity contribution >= 4 is 0 Å². The van der Waals surface area contributed by atoms with Crippen molar-refractivity contribution in [2.24, 2.45) is 11.8 Å². The minimum Gasteiger partial charge on any atom is -0.299 e. The number of likely N-dealkylation sites (tertiary alicyclic amines) is 1. The highest BCUT2D eigenvalue weighted by atomic mass is 15.1. The van der Waals surface area contributed by atoms with Gasteiger partial charge in [0.15, 0.2) is 0 Å². The molecule has 0 N–H and O–H groups in total. The van der Waals surface area contributed by atoms with Crippen molar-refractivity contribution in [2.75, 3.05) is 13.1 Å². The van der Waals surface area contributed by atoms with Crippen molar-refractivity contribution < 1.29 is 0 Å². The quantitative estimate of drug-likeness (QED) is 0.714. The molecule has 15 heavy (non-hydrogen) atoms. The van der Waals surface area contributed by atoms with E-state index in [0.29, 0.717) is 0 Å². The lowest BCUT2D eigenvalue weighted by Gasteiger charge is -2.15. The lowest BCUT2D eigenvalue weighted by molar-refractivity contribution is 0.316. The second kappa shape index (κ2) is 4.36. The lowest BCUT2D eigenvalue weighted by Crippen LogP contribution is -2.19. The van der Waals surface area contributed by atoms with Crippen molar-refractivity contribution in [3.05, 3.63) is 35.4 Å². The Hall–Kier alpha value is -0.820. The summed E-state index contributed by atoms with van der Waals surface area (Å²) in [4.78, 5) is 2.57. The van der Waals surface area contributed by atoms with Crippen LogP contribution >= 0.6 is 0 Å². The zero-order valence-corrected chi connectivity index (χ0v) is 10.0. The highest BCUT2D eigenvalue weighted by molar-refractivity contribution is 5.21. The van der Waals surface area contributed by atoms with E-state index in [-0.39, 0.29) is 0 Å². The Morgan fingerprint density at radius 1 is 1.07 bits per heavy atom. The van der Waals surface area contributed by atoms with E-state index in [1.165, 1.54) is 24.2 Å². The summed E-state index contributed by atoms with van der Waals surface area (Å²) in [7, 11) is 0. The fourth-order valence-corrected chi connectivity index (χ4v) is 2.33. The fourth-order valence-electron chi connectivity index (χ4n) is 2.33. The van der Waals surface area contributed by atoms with Crippen LogP contribution in [0.2, 0.25) is 0 Å². The van der Waals surface area contributed by atoms with Crippen molar-refractivity contribution in [3.8, 4) is 0 Å². The minimum absolute atomic E-state index is 0.857. The van der Waals surface area contributed by atoms with E-state index in [0.717, 1.165) is 18.4 Å². The van der Waals surface area contributed by atoms with Gasteiger partial charge in [-0.1, -0.05) is 43.7 Å². The Kier molecular flexibility index (Phi) is 3.11. The maximum atomic E-state index is 2.57. The summed E-state index contributed by atoms with van der Waals surface area (Å²) in [6.07, 6.45) is 0. The van der Waals surface area contributed by atoms with Crippen molar-refractivity contribution in [2.45, 2.75) is 27.3 Å². The van der Waals surface area contributed by atoms with E-state index >= 15 is 0 Å². The SMILES string of the molecule is Cc1ccc(CN2CC(C)C(C)C2)cc1. The van der Waals surface area contributed by atoms with E-state index in [1.54, 1.807) is 0 Å². The third-order valence-corrected chi connectivity index (χ3v) is 3.59. The van der Waals surface area contributed by atoms with Gasteiger partial charge in [-0.25, -0.2) is 0 Å². The number of aryl methyl sites for hydroxylation is 1. The fraction of sp³-hybridized carbons (Fsp3) is 0.571. The predicted octanol–water partition coefficient (Wildman–Crippen LogP) is 3.08. The zero-order chi connectivity index (χ0) is 10.8. The number of hydrogen-bond acceptors (Lipinski definition) is 1. The molecule has 1 aromatic rings. The molecule has 0 aliphatic carbocycles. The van der Waals surface area contributed by atoms with Gasteiger partial charge in [-0.05, 0) is 24.3 Å². The molecule has 1 fully saturated rings. The van der Waals surface area contributed by atoms with Crippen LogP contribution in [0.4, 0.5) is 0 Å². The van der Waals surface area contributed by atoms with Gasteiger partial charge in [-0.15, -0.1) is 0 Å². The molecule has 1 heteroatoms. The van der Waals surface area contributed by atoms with Crippen LogP contribution in [0, 0.1) is 18.8 Å². The minimum atomic E-state index is 0.857. The van der Waals surface area contributed by atoms with Gasteiger partial charge >= 0.3 is 0 Å². The Balaban J connectivity index is 1.95. The van der Waals surface area contributed by atoms with E-state index in [4.69, 9.17) is 0 Å². The molecule has 0 radical (unpaired) electrons. The normalized spacial score (nSPS) is 27.1. The van der Waals surface area contributed by atoms with E-state index < -0.39 is 0 Å². The summed E-state index contributed by atoms with van der Waals surface area (Å²) in [5.74, 6) is 1.71. The first kappa shape index (κ1) is 10.7. The molecule has 0 amide bonds. The summed E-state index contributed by atoms with van der Waals surface area (Å²) in [6, 6.07) is 8.92. The lowest BCUT2D eigenvalue weighted by atomic mass is 10.0. The largest absolute Gasteiger partial charge is 0.299 e. The molecule has 1 nitrogen and oxygen atoms in total. The summed E-state index contributed by atoms with van der Waals surface area (Å²) < 4.78 is 0. The van der Waals surface area contributed by atoms with Crippen LogP contribution in [0.1, 0.15) is 25.0 Å². The molecule has 2 unspecified atom stereocenters. The van der Waals surface area contributed by atoms with Gasteiger partial charge in [0.2, 0.25) is 0 Å². The maximum Gasteiger partial charge on any atom is 0.0233 e. The second-order valence-corrected chi connectivity index (χ2v) is 5.13. The predicted molar refractivity (Wildman–Crippen MR) is 64.8 cm³/mol. The molecule has 82 valence electrons. The van der Waals surface area contributed by atoms with Crippen LogP contribution in [-0.4, -0.2) is 18.0 Å². The smallest absolute Gasteiger partial charge is 0.0233 e. The van der Waals surface area contributed by atoms with Gasteiger partial charge < -0.3 is 0 Å². The third kappa shape index (κ3) is 2.60. The molecule has 2 atom stereocenters. The van der Waals surface area contributed by atoms with Crippen LogP contribution in [-0.2, 0) is 6.54 Å².